The van der Waals surface area contributed by atoms with E-state index < -0.39 is 11.8 Å². The molecule has 4 N–H and O–H groups in total. The maximum Gasteiger partial charge on any atom is 0.254 e. The molecular weight excluding hydrogens is 160 g/mol. The third-order valence-electron chi connectivity index (χ3n) is 1.43. The largest absolute Gasteiger partial charge is 0.493 e. The van der Waals surface area contributed by atoms with Crippen molar-refractivity contribution in [2.75, 3.05) is 0 Å². The number of aromatic hydroxyl groups is 2. The van der Waals surface area contributed by atoms with E-state index in [4.69, 9.17) is 15.9 Å². The number of rotatable bonds is 1. The van der Waals surface area contributed by atoms with Crippen LogP contribution < -0.4 is 5.73 Å². The lowest BCUT2D eigenvalue weighted by atomic mass is 10.2. The number of hydrogen-bond acceptors (Lipinski definition) is 4. The van der Waals surface area contributed by atoms with Crippen LogP contribution >= 0.6 is 0 Å². The Hall–Kier alpha value is -1.78. The first-order valence-electron chi connectivity index (χ1n) is 3.21. The summed E-state index contributed by atoms with van der Waals surface area (Å²) >= 11 is 0. The Morgan fingerprint density at radius 3 is 2.58 bits per heavy atom. The van der Waals surface area contributed by atoms with Gasteiger partial charge in [-0.15, -0.1) is 0 Å². The summed E-state index contributed by atoms with van der Waals surface area (Å²) in [6.45, 7) is 1.55. The first kappa shape index (κ1) is 8.32. The molecule has 0 bridgehead atoms. The summed E-state index contributed by atoms with van der Waals surface area (Å²) in [7, 11) is 0. The van der Waals surface area contributed by atoms with E-state index in [9.17, 15) is 4.79 Å². The quantitative estimate of drug-likeness (QED) is 0.545. The fourth-order valence-electron chi connectivity index (χ4n) is 0.776. The number of hydrogen-bond donors (Lipinski definition) is 3. The van der Waals surface area contributed by atoms with E-state index in [0.29, 0.717) is 5.56 Å². The van der Waals surface area contributed by atoms with Crippen LogP contribution in [-0.4, -0.2) is 21.1 Å². The van der Waals surface area contributed by atoms with Crippen molar-refractivity contribution in [1.82, 2.24) is 4.98 Å². The predicted octanol–water partition coefficient (Wildman–Crippen LogP) is -0.0999. The first-order valence-corrected chi connectivity index (χ1v) is 3.21. The van der Waals surface area contributed by atoms with Crippen molar-refractivity contribution < 1.29 is 15.0 Å². The molecule has 12 heavy (non-hydrogen) atoms. The van der Waals surface area contributed by atoms with Gasteiger partial charge in [0.05, 0.1) is 0 Å². The topological polar surface area (TPSA) is 96.4 Å². The standard InChI is InChI=1S/C7H8N2O3/c1-3-2-4(5(8)10)7(12)9-6(3)11/h2H,1H3,(H2,8,10)(H2,9,11,12). The molecule has 0 unspecified atom stereocenters. The third-order valence-corrected chi connectivity index (χ3v) is 1.43. The molecule has 0 aliphatic carbocycles. The maximum absolute atomic E-state index is 10.6. The minimum absolute atomic E-state index is 0.0923. The maximum atomic E-state index is 10.6. The second kappa shape index (κ2) is 2.69. The molecule has 0 saturated carbocycles. The average Bonchev–Trinajstić information content (AvgIpc) is 1.96. The van der Waals surface area contributed by atoms with Gasteiger partial charge in [0, 0.05) is 5.56 Å². The number of aryl methyl sites for hydroxylation is 1. The lowest BCUT2D eigenvalue weighted by Gasteiger charge is -2.01. The number of primary amides is 1. The van der Waals surface area contributed by atoms with Crippen molar-refractivity contribution in [3.05, 3.63) is 17.2 Å². The van der Waals surface area contributed by atoms with Crippen molar-refractivity contribution in [1.29, 1.82) is 0 Å². The normalized spacial score (nSPS) is 9.75. The molecule has 0 aliphatic heterocycles. The average molecular weight is 168 g/mol. The fourth-order valence-corrected chi connectivity index (χ4v) is 0.776. The summed E-state index contributed by atoms with van der Waals surface area (Å²) in [5.41, 5.74) is 5.21. The van der Waals surface area contributed by atoms with Crippen LogP contribution in [0.2, 0.25) is 0 Å². The molecule has 5 heteroatoms. The Labute approximate surface area is 68.5 Å². The molecule has 0 atom stereocenters. The second-order valence-corrected chi connectivity index (χ2v) is 2.36. The lowest BCUT2D eigenvalue weighted by molar-refractivity contribution is 0.0997. The molecule has 64 valence electrons. The van der Waals surface area contributed by atoms with E-state index in [2.05, 4.69) is 4.98 Å². The first-order chi connectivity index (χ1) is 5.52. The predicted molar refractivity (Wildman–Crippen MR) is 40.8 cm³/mol. The molecule has 1 heterocycles. The molecule has 0 saturated heterocycles. The van der Waals surface area contributed by atoms with Crippen LogP contribution in [0.4, 0.5) is 0 Å². The van der Waals surface area contributed by atoms with Gasteiger partial charge in [-0.3, -0.25) is 4.79 Å². The summed E-state index contributed by atoms with van der Waals surface area (Å²) in [5.74, 6) is -1.63. The Morgan fingerprint density at radius 2 is 2.08 bits per heavy atom. The van der Waals surface area contributed by atoms with Gasteiger partial charge in [0.25, 0.3) is 5.91 Å². The van der Waals surface area contributed by atoms with E-state index in [1.807, 2.05) is 0 Å². The van der Waals surface area contributed by atoms with Gasteiger partial charge in [0.15, 0.2) is 0 Å². The molecule has 0 radical (unpaired) electrons. The molecule has 0 aromatic carbocycles. The molecule has 5 nitrogen and oxygen atoms in total. The molecular formula is C7H8N2O3. The van der Waals surface area contributed by atoms with Gasteiger partial charge >= 0.3 is 0 Å². The van der Waals surface area contributed by atoms with Gasteiger partial charge in [-0.25, -0.2) is 0 Å². The number of amides is 1. The van der Waals surface area contributed by atoms with Crippen LogP contribution in [-0.2, 0) is 0 Å². The van der Waals surface area contributed by atoms with Crippen molar-refractivity contribution in [3.8, 4) is 11.8 Å². The van der Waals surface area contributed by atoms with Crippen LogP contribution in [0.1, 0.15) is 15.9 Å². The van der Waals surface area contributed by atoms with Crippen molar-refractivity contribution in [3.63, 3.8) is 0 Å². The summed E-state index contributed by atoms with van der Waals surface area (Å²) in [5, 5.41) is 18.0. The molecule has 0 fully saturated rings. The fraction of sp³-hybridized carbons (Fsp3) is 0.143. The van der Waals surface area contributed by atoms with E-state index >= 15 is 0 Å². The SMILES string of the molecule is Cc1cc(C(N)=O)c(O)nc1O. The van der Waals surface area contributed by atoms with E-state index in [1.165, 1.54) is 6.07 Å². The third kappa shape index (κ3) is 1.29. The highest BCUT2D eigenvalue weighted by molar-refractivity contribution is 5.95. The monoisotopic (exact) mass is 168 g/mol. The molecule has 1 aromatic heterocycles. The van der Waals surface area contributed by atoms with Crippen LogP contribution in [0.25, 0.3) is 0 Å². The zero-order valence-corrected chi connectivity index (χ0v) is 6.40. The van der Waals surface area contributed by atoms with E-state index in [0.717, 1.165) is 0 Å². The molecule has 0 spiro atoms. The number of nitrogens with two attached hydrogens (primary N) is 1. The van der Waals surface area contributed by atoms with Gasteiger partial charge in [-0.1, -0.05) is 0 Å². The Balaban J connectivity index is 3.33. The summed E-state index contributed by atoms with van der Waals surface area (Å²) in [6, 6.07) is 1.28. The smallest absolute Gasteiger partial charge is 0.254 e. The van der Waals surface area contributed by atoms with Gasteiger partial charge in [-0.05, 0) is 13.0 Å². The van der Waals surface area contributed by atoms with Gasteiger partial charge in [0.2, 0.25) is 11.8 Å². The number of carbonyl (C=O) groups excluding carboxylic acids is 1. The van der Waals surface area contributed by atoms with Crippen LogP contribution in [0.5, 0.6) is 11.8 Å². The Kier molecular flexibility index (Phi) is 1.86. The summed E-state index contributed by atoms with van der Waals surface area (Å²) in [4.78, 5) is 13.9. The minimum atomic E-state index is -0.775. The van der Waals surface area contributed by atoms with Gasteiger partial charge in [-0.2, -0.15) is 4.98 Å². The Bertz CT molecular complexity index is 336. The van der Waals surface area contributed by atoms with Crippen LogP contribution in [0.3, 0.4) is 0 Å². The van der Waals surface area contributed by atoms with Gasteiger partial charge < -0.3 is 15.9 Å². The Morgan fingerprint density at radius 1 is 1.50 bits per heavy atom. The van der Waals surface area contributed by atoms with Gasteiger partial charge in [0.1, 0.15) is 5.56 Å². The number of nitrogens with zero attached hydrogens (tertiary/aromatic N) is 1. The van der Waals surface area contributed by atoms with Crippen LogP contribution in [0.15, 0.2) is 6.07 Å². The molecule has 0 aliphatic rings. The lowest BCUT2D eigenvalue weighted by Crippen LogP contribution is -2.11. The number of aromatic nitrogens is 1. The van der Waals surface area contributed by atoms with E-state index in [1.54, 1.807) is 6.92 Å². The molecule has 1 rings (SSSR count). The molecule has 1 amide bonds. The highest BCUT2D eigenvalue weighted by Gasteiger charge is 2.11. The van der Waals surface area contributed by atoms with Crippen molar-refractivity contribution in [2.24, 2.45) is 5.73 Å². The van der Waals surface area contributed by atoms with Crippen molar-refractivity contribution >= 4 is 5.91 Å². The number of pyridine rings is 1. The summed E-state index contributed by atoms with van der Waals surface area (Å²) < 4.78 is 0. The van der Waals surface area contributed by atoms with Crippen molar-refractivity contribution in [2.45, 2.75) is 6.92 Å². The van der Waals surface area contributed by atoms with Crippen LogP contribution in [0, 0.1) is 6.92 Å². The zero-order chi connectivity index (χ0) is 9.30. The number of carbonyl (C=O) groups is 1. The zero-order valence-electron chi connectivity index (χ0n) is 6.40. The second-order valence-electron chi connectivity index (χ2n) is 2.36. The summed E-state index contributed by atoms with van der Waals surface area (Å²) in [6.07, 6.45) is 0. The highest BCUT2D eigenvalue weighted by atomic mass is 16.3. The minimum Gasteiger partial charge on any atom is -0.493 e. The molecule has 1 aromatic rings. The van der Waals surface area contributed by atoms with E-state index in [-0.39, 0.29) is 11.4 Å². The highest BCUT2D eigenvalue weighted by Crippen LogP contribution is 2.21.